The van der Waals surface area contributed by atoms with Crippen molar-refractivity contribution in [1.29, 1.82) is 0 Å². The zero-order valence-corrected chi connectivity index (χ0v) is 10.8. The molecule has 1 aromatic rings. The summed E-state index contributed by atoms with van der Waals surface area (Å²) in [6.07, 6.45) is 1.90. The number of hydrogen-bond donors (Lipinski definition) is 0. The Labute approximate surface area is 103 Å². The Morgan fingerprint density at radius 1 is 1.24 bits per heavy atom. The fraction of sp³-hybridized carbons (Fsp3) is 0.500. The molecule has 0 saturated heterocycles. The van der Waals surface area contributed by atoms with Crippen LogP contribution in [0.1, 0.15) is 35.7 Å². The van der Waals surface area contributed by atoms with Crippen LogP contribution in [0.2, 0.25) is 0 Å². The largest absolute Gasteiger partial charge is 0.493 e. The lowest BCUT2D eigenvalue weighted by molar-refractivity contribution is 0.101. The molecule has 0 aliphatic rings. The van der Waals surface area contributed by atoms with E-state index in [9.17, 15) is 4.79 Å². The number of aryl methyl sites for hydroxylation is 1. The van der Waals surface area contributed by atoms with Crippen LogP contribution in [-0.2, 0) is 4.74 Å². The predicted octanol–water partition coefficient (Wildman–Crippen LogP) is 3.00. The first-order chi connectivity index (χ1) is 8.15. The molecule has 0 spiro atoms. The Morgan fingerprint density at radius 2 is 1.94 bits per heavy atom. The van der Waals surface area contributed by atoms with Gasteiger partial charge >= 0.3 is 0 Å². The lowest BCUT2D eigenvalue weighted by atomic mass is 10.1. The quantitative estimate of drug-likeness (QED) is 0.539. The van der Waals surface area contributed by atoms with Crippen molar-refractivity contribution in [2.75, 3.05) is 20.3 Å². The molecular weight excluding hydrogens is 216 g/mol. The van der Waals surface area contributed by atoms with Gasteiger partial charge < -0.3 is 9.47 Å². The van der Waals surface area contributed by atoms with Gasteiger partial charge in [-0.15, -0.1) is 0 Å². The number of hydrogen-bond acceptors (Lipinski definition) is 3. The number of ether oxygens (including phenoxy) is 2. The molecule has 0 fully saturated rings. The van der Waals surface area contributed by atoms with Gasteiger partial charge in [0.2, 0.25) is 0 Å². The molecule has 0 bridgehead atoms. The molecule has 0 saturated carbocycles. The van der Waals surface area contributed by atoms with Gasteiger partial charge in [0.15, 0.2) is 5.78 Å². The molecule has 3 nitrogen and oxygen atoms in total. The first kappa shape index (κ1) is 13.7. The van der Waals surface area contributed by atoms with Crippen molar-refractivity contribution in [1.82, 2.24) is 0 Å². The molecule has 0 aliphatic heterocycles. The van der Waals surface area contributed by atoms with E-state index in [2.05, 4.69) is 0 Å². The lowest BCUT2D eigenvalue weighted by Crippen LogP contribution is -2.04. The molecule has 1 aromatic carbocycles. The minimum atomic E-state index is 0.0422. The standard InChI is InChI=1S/C14H20O3/c1-11-6-7-14(13(10-11)12(2)15)17-9-5-4-8-16-3/h6-7,10H,4-5,8-9H2,1-3H3. The molecule has 0 aliphatic carbocycles. The molecule has 0 amide bonds. The van der Waals surface area contributed by atoms with Gasteiger partial charge in [0.1, 0.15) is 5.75 Å². The van der Waals surface area contributed by atoms with E-state index in [1.807, 2.05) is 25.1 Å². The van der Waals surface area contributed by atoms with Crippen LogP contribution in [-0.4, -0.2) is 26.1 Å². The summed E-state index contributed by atoms with van der Waals surface area (Å²) in [4.78, 5) is 11.5. The molecule has 0 aromatic heterocycles. The molecule has 0 atom stereocenters. The van der Waals surface area contributed by atoms with E-state index in [1.165, 1.54) is 0 Å². The van der Waals surface area contributed by atoms with Gasteiger partial charge in [-0.25, -0.2) is 0 Å². The maximum atomic E-state index is 11.5. The monoisotopic (exact) mass is 236 g/mol. The Bertz CT molecular complexity index is 372. The van der Waals surface area contributed by atoms with Crippen LogP contribution in [0.4, 0.5) is 0 Å². The summed E-state index contributed by atoms with van der Waals surface area (Å²) in [6.45, 7) is 4.89. The minimum Gasteiger partial charge on any atom is -0.493 e. The van der Waals surface area contributed by atoms with Gasteiger partial charge in [-0.2, -0.15) is 0 Å². The lowest BCUT2D eigenvalue weighted by Gasteiger charge is -2.10. The van der Waals surface area contributed by atoms with Crippen molar-refractivity contribution in [2.24, 2.45) is 0 Å². The van der Waals surface area contributed by atoms with Crippen molar-refractivity contribution in [3.05, 3.63) is 29.3 Å². The van der Waals surface area contributed by atoms with E-state index in [0.717, 1.165) is 25.0 Å². The summed E-state index contributed by atoms with van der Waals surface area (Å²) in [7, 11) is 1.69. The number of ketones is 1. The number of carbonyl (C=O) groups excluding carboxylic acids is 1. The van der Waals surface area contributed by atoms with Crippen molar-refractivity contribution in [3.8, 4) is 5.75 Å². The van der Waals surface area contributed by atoms with E-state index in [0.29, 0.717) is 17.9 Å². The second kappa shape index (κ2) is 7.07. The number of benzene rings is 1. The van der Waals surface area contributed by atoms with E-state index < -0.39 is 0 Å². The zero-order valence-electron chi connectivity index (χ0n) is 10.8. The smallest absolute Gasteiger partial charge is 0.163 e. The van der Waals surface area contributed by atoms with E-state index in [-0.39, 0.29) is 5.78 Å². The molecule has 0 N–H and O–H groups in total. The highest BCUT2D eigenvalue weighted by Gasteiger charge is 2.08. The van der Waals surface area contributed by atoms with Gasteiger partial charge in [-0.1, -0.05) is 11.6 Å². The molecule has 17 heavy (non-hydrogen) atoms. The number of methoxy groups -OCH3 is 1. The maximum Gasteiger partial charge on any atom is 0.163 e. The number of rotatable bonds is 7. The van der Waals surface area contributed by atoms with Gasteiger partial charge in [0.05, 0.1) is 12.2 Å². The van der Waals surface area contributed by atoms with E-state index >= 15 is 0 Å². The average molecular weight is 236 g/mol. The third-order valence-corrected chi connectivity index (χ3v) is 2.51. The van der Waals surface area contributed by atoms with Crippen molar-refractivity contribution >= 4 is 5.78 Å². The van der Waals surface area contributed by atoms with Crippen LogP contribution < -0.4 is 4.74 Å². The highest BCUT2D eigenvalue weighted by molar-refractivity contribution is 5.97. The number of unbranched alkanes of at least 4 members (excludes halogenated alkanes) is 1. The summed E-state index contributed by atoms with van der Waals surface area (Å²) in [5.74, 6) is 0.723. The average Bonchev–Trinajstić information content (AvgIpc) is 2.30. The third kappa shape index (κ3) is 4.57. The molecule has 1 rings (SSSR count). The van der Waals surface area contributed by atoms with Crippen molar-refractivity contribution < 1.29 is 14.3 Å². The molecule has 0 unspecified atom stereocenters. The summed E-state index contributed by atoms with van der Waals surface area (Å²) in [5, 5.41) is 0. The fourth-order valence-corrected chi connectivity index (χ4v) is 1.58. The van der Waals surface area contributed by atoms with Gasteiger partial charge in [0, 0.05) is 13.7 Å². The fourth-order valence-electron chi connectivity index (χ4n) is 1.58. The highest BCUT2D eigenvalue weighted by atomic mass is 16.5. The van der Waals surface area contributed by atoms with Crippen LogP contribution >= 0.6 is 0 Å². The Kier molecular flexibility index (Phi) is 5.70. The first-order valence-corrected chi connectivity index (χ1v) is 5.88. The summed E-state index contributed by atoms with van der Waals surface area (Å²) in [5.41, 5.74) is 1.73. The Balaban J connectivity index is 2.55. The van der Waals surface area contributed by atoms with Gasteiger partial charge in [-0.05, 0) is 38.8 Å². The third-order valence-electron chi connectivity index (χ3n) is 2.51. The van der Waals surface area contributed by atoms with E-state index in [1.54, 1.807) is 14.0 Å². The van der Waals surface area contributed by atoms with Crippen LogP contribution in [0.5, 0.6) is 5.75 Å². The van der Waals surface area contributed by atoms with Crippen molar-refractivity contribution in [3.63, 3.8) is 0 Å². The Hall–Kier alpha value is -1.35. The molecule has 3 heteroatoms. The van der Waals surface area contributed by atoms with Gasteiger partial charge in [-0.3, -0.25) is 4.79 Å². The number of Topliss-reactive ketones (excluding diaryl/α,β-unsaturated/α-hetero) is 1. The predicted molar refractivity (Wildman–Crippen MR) is 67.8 cm³/mol. The SMILES string of the molecule is COCCCCOc1ccc(C)cc1C(C)=O. The van der Waals surface area contributed by atoms with Crippen LogP contribution in [0.3, 0.4) is 0 Å². The normalized spacial score (nSPS) is 10.3. The Morgan fingerprint density at radius 3 is 2.59 bits per heavy atom. The summed E-state index contributed by atoms with van der Waals surface area (Å²) >= 11 is 0. The zero-order chi connectivity index (χ0) is 12.7. The van der Waals surface area contributed by atoms with E-state index in [4.69, 9.17) is 9.47 Å². The second-order valence-corrected chi connectivity index (χ2v) is 4.10. The first-order valence-electron chi connectivity index (χ1n) is 5.88. The summed E-state index contributed by atoms with van der Waals surface area (Å²) < 4.78 is 10.6. The summed E-state index contributed by atoms with van der Waals surface area (Å²) in [6, 6.07) is 5.69. The number of carbonyl (C=O) groups is 1. The van der Waals surface area contributed by atoms with Crippen LogP contribution in [0.15, 0.2) is 18.2 Å². The van der Waals surface area contributed by atoms with Crippen LogP contribution in [0, 0.1) is 6.92 Å². The molecule has 94 valence electrons. The molecule has 0 radical (unpaired) electrons. The van der Waals surface area contributed by atoms with Gasteiger partial charge in [0.25, 0.3) is 0 Å². The topological polar surface area (TPSA) is 35.5 Å². The minimum absolute atomic E-state index is 0.0422. The molecular formula is C14H20O3. The highest BCUT2D eigenvalue weighted by Crippen LogP contribution is 2.20. The second-order valence-electron chi connectivity index (χ2n) is 4.10. The van der Waals surface area contributed by atoms with Crippen molar-refractivity contribution in [2.45, 2.75) is 26.7 Å². The van der Waals surface area contributed by atoms with Crippen LogP contribution in [0.25, 0.3) is 0 Å². The molecule has 0 heterocycles. The maximum absolute atomic E-state index is 11.5.